The SMILES string of the molecule is N#Cc1c(F)cccc1N1CCN(C(=O)c2ccoc2)CC1. The van der Waals surface area contributed by atoms with E-state index in [9.17, 15) is 9.18 Å². The molecule has 1 saturated heterocycles. The zero-order valence-corrected chi connectivity index (χ0v) is 11.8. The molecule has 0 radical (unpaired) electrons. The van der Waals surface area contributed by atoms with Crippen LogP contribution in [0.3, 0.4) is 0 Å². The number of carbonyl (C=O) groups is 1. The number of amides is 1. The highest BCUT2D eigenvalue weighted by atomic mass is 19.1. The minimum Gasteiger partial charge on any atom is -0.472 e. The summed E-state index contributed by atoms with van der Waals surface area (Å²) in [5, 5.41) is 9.10. The molecule has 0 unspecified atom stereocenters. The number of nitrogens with zero attached hydrogens (tertiary/aromatic N) is 3. The summed E-state index contributed by atoms with van der Waals surface area (Å²) in [6.45, 7) is 2.15. The number of piperazine rings is 1. The molecule has 1 aliphatic heterocycles. The van der Waals surface area contributed by atoms with E-state index in [1.54, 1.807) is 23.1 Å². The van der Waals surface area contributed by atoms with E-state index in [1.165, 1.54) is 18.6 Å². The lowest BCUT2D eigenvalue weighted by Crippen LogP contribution is -2.49. The number of furan rings is 1. The number of carbonyl (C=O) groups excluding carboxylic acids is 1. The van der Waals surface area contributed by atoms with Gasteiger partial charge in [-0.15, -0.1) is 0 Å². The van der Waals surface area contributed by atoms with E-state index in [0.717, 1.165) is 0 Å². The molecule has 0 bridgehead atoms. The van der Waals surface area contributed by atoms with E-state index in [2.05, 4.69) is 0 Å². The van der Waals surface area contributed by atoms with Gasteiger partial charge < -0.3 is 14.2 Å². The van der Waals surface area contributed by atoms with Crippen LogP contribution in [0.4, 0.5) is 10.1 Å². The lowest BCUT2D eigenvalue weighted by atomic mass is 10.1. The van der Waals surface area contributed by atoms with Crippen LogP contribution in [-0.4, -0.2) is 37.0 Å². The average Bonchev–Trinajstić information content (AvgIpc) is 3.08. The van der Waals surface area contributed by atoms with Crippen LogP contribution in [0.25, 0.3) is 0 Å². The normalized spacial score (nSPS) is 14.7. The number of hydrogen-bond acceptors (Lipinski definition) is 4. The highest BCUT2D eigenvalue weighted by Crippen LogP contribution is 2.24. The molecule has 3 rings (SSSR count). The molecule has 0 saturated carbocycles. The van der Waals surface area contributed by atoms with Crippen LogP contribution >= 0.6 is 0 Å². The molecule has 0 atom stereocenters. The fraction of sp³-hybridized carbons (Fsp3) is 0.250. The Morgan fingerprint density at radius 1 is 1.23 bits per heavy atom. The largest absolute Gasteiger partial charge is 0.472 e. The number of anilines is 1. The minimum atomic E-state index is -0.517. The maximum absolute atomic E-state index is 13.7. The molecule has 1 fully saturated rings. The summed E-state index contributed by atoms with van der Waals surface area (Å²) >= 11 is 0. The molecule has 2 heterocycles. The Kier molecular flexibility index (Phi) is 3.79. The predicted molar refractivity (Wildman–Crippen MR) is 77.9 cm³/mol. The van der Waals surface area contributed by atoms with Crippen LogP contribution in [-0.2, 0) is 0 Å². The quantitative estimate of drug-likeness (QED) is 0.853. The fourth-order valence-corrected chi connectivity index (χ4v) is 2.61. The first-order chi connectivity index (χ1) is 10.7. The number of nitriles is 1. The van der Waals surface area contributed by atoms with Crippen molar-refractivity contribution < 1.29 is 13.6 Å². The summed E-state index contributed by atoms with van der Waals surface area (Å²) < 4.78 is 18.6. The molecule has 2 aromatic rings. The van der Waals surface area contributed by atoms with Gasteiger partial charge in [-0.2, -0.15) is 5.26 Å². The van der Waals surface area contributed by atoms with Crippen molar-refractivity contribution in [3.05, 3.63) is 53.7 Å². The van der Waals surface area contributed by atoms with Crippen LogP contribution in [0.1, 0.15) is 15.9 Å². The summed E-state index contributed by atoms with van der Waals surface area (Å²) in [7, 11) is 0. The number of benzene rings is 1. The van der Waals surface area contributed by atoms with Gasteiger partial charge in [-0.25, -0.2) is 4.39 Å². The third-order valence-electron chi connectivity index (χ3n) is 3.78. The fourth-order valence-electron chi connectivity index (χ4n) is 2.61. The van der Waals surface area contributed by atoms with Crippen molar-refractivity contribution in [2.45, 2.75) is 0 Å². The molecule has 112 valence electrons. The van der Waals surface area contributed by atoms with E-state index >= 15 is 0 Å². The lowest BCUT2D eigenvalue weighted by molar-refractivity contribution is 0.0746. The van der Waals surface area contributed by atoms with Crippen molar-refractivity contribution in [3.8, 4) is 6.07 Å². The van der Waals surface area contributed by atoms with Crippen LogP contribution < -0.4 is 4.90 Å². The standard InChI is InChI=1S/C16H14FN3O2/c17-14-2-1-3-15(13(14)10-18)19-5-7-20(8-6-19)16(21)12-4-9-22-11-12/h1-4,9,11H,5-8H2. The smallest absolute Gasteiger partial charge is 0.257 e. The van der Waals surface area contributed by atoms with Crippen LogP contribution in [0.5, 0.6) is 0 Å². The number of rotatable bonds is 2. The Hall–Kier alpha value is -2.81. The second-order valence-electron chi connectivity index (χ2n) is 5.04. The minimum absolute atomic E-state index is 0.0529. The van der Waals surface area contributed by atoms with Gasteiger partial charge in [0.15, 0.2) is 0 Å². The second-order valence-corrected chi connectivity index (χ2v) is 5.04. The van der Waals surface area contributed by atoms with Gasteiger partial charge in [-0.3, -0.25) is 4.79 Å². The Labute approximate surface area is 127 Å². The Morgan fingerprint density at radius 2 is 2.00 bits per heavy atom. The van der Waals surface area contributed by atoms with E-state index in [1.807, 2.05) is 11.0 Å². The molecule has 1 amide bonds. The van der Waals surface area contributed by atoms with Crippen LogP contribution in [0.2, 0.25) is 0 Å². The molecule has 0 aliphatic carbocycles. The lowest BCUT2D eigenvalue weighted by Gasteiger charge is -2.36. The average molecular weight is 299 g/mol. The molecule has 0 spiro atoms. The predicted octanol–water partition coefficient (Wildman–Crippen LogP) is 2.25. The van der Waals surface area contributed by atoms with Crippen molar-refractivity contribution in [2.24, 2.45) is 0 Å². The monoisotopic (exact) mass is 299 g/mol. The van der Waals surface area contributed by atoms with E-state index in [4.69, 9.17) is 9.68 Å². The van der Waals surface area contributed by atoms with Crippen molar-refractivity contribution in [3.63, 3.8) is 0 Å². The van der Waals surface area contributed by atoms with E-state index in [-0.39, 0.29) is 11.5 Å². The molecule has 1 aromatic carbocycles. The molecular formula is C16H14FN3O2. The van der Waals surface area contributed by atoms with Crippen LogP contribution in [0.15, 0.2) is 41.2 Å². The van der Waals surface area contributed by atoms with E-state index < -0.39 is 5.82 Å². The van der Waals surface area contributed by atoms with Crippen molar-refractivity contribution in [1.82, 2.24) is 4.90 Å². The van der Waals surface area contributed by atoms with Gasteiger partial charge in [-0.1, -0.05) is 6.07 Å². The van der Waals surface area contributed by atoms with Crippen molar-refractivity contribution in [2.75, 3.05) is 31.1 Å². The summed E-state index contributed by atoms with van der Waals surface area (Å²) in [5.41, 5.74) is 1.16. The van der Waals surface area contributed by atoms with Gasteiger partial charge in [-0.05, 0) is 18.2 Å². The highest BCUT2D eigenvalue weighted by molar-refractivity contribution is 5.94. The molecule has 1 aromatic heterocycles. The van der Waals surface area contributed by atoms with Gasteiger partial charge in [0, 0.05) is 26.2 Å². The topological polar surface area (TPSA) is 60.5 Å². The first-order valence-corrected chi connectivity index (χ1v) is 6.95. The molecule has 0 N–H and O–H groups in total. The molecule has 22 heavy (non-hydrogen) atoms. The highest BCUT2D eigenvalue weighted by Gasteiger charge is 2.24. The van der Waals surface area contributed by atoms with Crippen molar-refractivity contribution >= 4 is 11.6 Å². The zero-order valence-electron chi connectivity index (χ0n) is 11.8. The number of hydrogen-bond donors (Lipinski definition) is 0. The third-order valence-corrected chi connectivity index (χ3v) is 3.78. The van der Waals surface area contributed by atoms with Gasteiger partial charge in [0.25, 0.3) is 5.91 Å². The first-order valence-electron chi connectivity index (χ1n) is 6.95. The Bertz CT molecular complexity index is 713. The van der Waals surface area contributed by atoms with Gasteiger partial charge >= 0.3 is 0 Å². The maximum Gasteiger partial charge on any atom is 0.257 e. The number of halogens is 1. The third kappa shape index (κ3) is 2.53. The molecule has 6 heteroatoms. The summed E-state index contributed by atoms with van der Waals surface area (Å²) in [6.07, 6.45) is 2.89. The van der Waals surface area contributed by atoms with E-state index in [0.29, 0.717) is 37.4 Å². The van der Waals surface area contributed by atoms with Gasteiger partial charge in [0.2, 0.25) is 0 Å². The summed E-state index contributed by atoms with van der Waals surface area (Å²) in [4.78, 5) is 15.9. The first kappa shape index (κ1) is 14.1. The Balaban J connectivity index is 1.71. The maximum atomic E-state index is 13.7. The molecule has 5 nitrogen and oxygen atoms in total. The molecule has 1 aliphatic rings. The summed E-state index contributed by atoms with van der Waals surface area (Å²) in [6, 6.07) is 8.14. The summed E-state index contributed by atoms with van der Waals surface area (Å²) in [5.74, 6) is -0.593. The molecular weight excluding hydrogens is 285 g/mol. The van der Waals surface area contributed by atoms with Gasteiger partial charge in [0.05, 0.1) is 17.5 Å². The van der Waals surface area contributed by atoms with Crippen molar-refractivity contribution in [1.29, 1.82) is 5.26 Å². The second kappa shape index (κ2) is 5.90. The zero-order chi connectivity index (χ0) is 15.5. The van der Waals surface area contributed by atoms with Crippen LogP contribution in [0, 0.1) is 17.1 Å². The van der Waals surface area contributed by atoms with Gasteiger partial charge in [0.1, 0.15) is 23.7 Å². The Morgan fingerprint density at radius 3 is 2.64 bits per heavy atom.